The van der Waals surface area contributed by atoms with Gasteiger partial charge >= 0.3 is 0 Å². The molecule has 0 aromatic heterocycles. The van der Waals surface area contributed by atoms with Gasteiger partial charge in [-0.1, -0.05) is 6.07 Å². The Morgan fingerprint density at radius 2 is 1.67 bits per heavy atom. The van der Waals surface area contributed by atoms with E-state index in [0.29, 0.717) is 11.3 Å². The molecule has 0 fully saturated rings. The summed E-state index contributed by atoms with van der Waals surface area (Å²) in [6.07, 6.45) is 3.77. The van der Waals surface area contributed by atoms with Crippen LogP contribution in [0, 0.1) is 0 Å². The molecule has 4 nitrogen and oxygen atoms in total. The third-order valence-corrected chi connectivity index (χ3v) is 5.06. The standard InChI is InChI=1S/C16H15NO3S/c18-11-12-4-7-15(8-5-12)17-21(19,20)16-9-6-13-2-1-3-14(13)10-16/h4-11,17H,1-3H2. The summed E-state index contributed by atoms with van der Waals surface area (Å²) in [4.78, 5) is 10.9. The minimum absolute atomic E-state index is 0.280. The Balaban J connectivity index is 1.87. The molecule has 0 spiro atoms. The van der Waals surface area contributed by atoms with Gasteiger partial charge in [0.25, 0.3) is 10.0 Å². The number of carbonyl (C=O) groups is 1. The van der Waals surface area contributed by atoms with Crippen molar-refractivity contribution in [3.05, 3.63) is 59.2 Å². The van der Waals surface area contributed by atoms with Crippen LogP contribution in [0.4, 0.5) is 5.69 Å². The van der Waals surface area contributed by atoms with Crippen LogP contribution in [0.2, 0.25) is 0 Å². The topological polar surface area (TPSA) is 63.2 Å². The monoisotopic (exact) mass is 301 g/mol. The molecule has 0 unspecified atom stereocenters. The number of aryl methyl sites for hydroxylation is 2. The number of sulfonamides is 1. The maximum absolute atomic E-state index is 12.4. The van der Waals surface area contributed by atoms with Crippen molar-refractivity contribution in [2.45, 2.75) is 24.2 Å². The van der Waals surface area contributed by atoms with E-state index in [1.165, 1.54) is 5.56 Å². The van der Waals surface area contributed by atoms with Gasteiger partial charge in [-0.15, -0.1) is 0 Å². The summed E-state index contributed by atoms with van der Waals surface area (Å²) in [5, 5.41) is 0. The predicted octanol–water partition coefficient (Wildman–Crippen LogP) is 2.79. The van der Waals surface area contributed by atoms with Gasteiger partial charge in [-0.25, -0.2) is 8.42 Å². The SMILES string of the molecule is O=Cc1ccc(NS(=O)(=O)c2ccc3c(c2)CCC3)cc1. The average molecular weight is 301 g/mol. The average Bonchev–Trinajstić information content (AvgIpc) is 2.95. The number of benzene rings is 2. The van der Waals surface area contributed by atoms with Gasteiger partial charge in [-0.3, -0.25) is 9.52 Å². The highest BCUT2D eigenvalue weighted by Gasteiger charge is 2.18. The summed E-state index contributed by atoms with van der Waals surface area (Å²) in [6, 6.07) is 11.6. The van der Waals surface area contributed by atoms with E-state index in [0.717, 1.165) is 31.1 Å². The molecule has 1 aliphatic carbocycles. The van der Waals surface area contributed by atoms with Crippen LogP contribution in [0.25, 0.3) is 0 Å². The quantitative estimate of drug-likeness (QED) is 0.883. The fraction of sp³-hybridized carbons (Fsp3) is 0.188. The van der Waals surface area contributed by atoms with Gasteiger partial charge in [-0.2, -0.15) is 0 Å². The maximum Gasteiger partial charge on any atom is 0.261 e. The Morgan fingerprint density at radius 3 is 2.38 bits per heavy atom. The van der Waals surface area contributed by atoms with Gasteiger partial charge in [-0.05, 0) is 66.8 Å². The van der Waals surface area contributed by atoms with Crippen LogP contribution in [0.15, 0.2) is 47.4 Å². The summed E-state index contributed by atoms with van der Waals surface area (Å²) in [7, 11) is -3.59. The number of nitrogens with one attached hydrogen (secondary N) is 1. The van der Waals surface area contributed by atoms with Crippen LogP contribution >= 0.6 is 0 Å². The van der Waals surface area contributed by atoms with E-state index in [1.807, 2.05) is 6.07 Å². The third kappa shape index (κ3) is 2.83. The number of rotatable bonds is 4. The van der Waals surface area contributed by atoms with E-state index in [-0.39, 0.29) is 4.90 Å². The highest BCUT2D eigenvalue weighted by molar-refractivity contribution is 7.92. The molecule has 0 saturated heterocycles. The first kappa shape index (κ1) is 13.8. The highest BCUT2D eigenvalue weighted by Crippen LogP contribution is 2.25. The molecule has 1 N–H and O–H groups in total. The van der Waals surface area contributed by atoms with Crippen molar-refractivity contribution in [2.24, 2.45) is 0 Å². The fourth-order valence-electron chi connectivity index (χ4n) is 2.56. The van der Waals surface area contributed by atoms with Crippen LogP contribution < -0.4 is 4.72 Å². The summed E-state index contributed by atoms with van der Waals surface area (Å²) in [5.74, 6) is 0. The van der Waals surface area contributed by atoms with Gasteiger partial charge in [0, 0.05) is 11.3 Å². The van der Waals surface area contributed by atoms with Crippen molar-refractivity contribution in [2.75, 3.05) is 4.72 Å². The van der Waals surface area contributed by atoms with E-state index in [2.05, 4.69) is 4.72 Å². The van der Waals surface area contributed by atoms with Gasteiger partial charge < -0.3 is 0 Å². The zero-order valence-electron chi connectivity index (χ0n) is 11.4. The number of aldehydes is 1. The third-order valence-electron chi connectivity index (χ3n) is 3.68. The van der Waals surface area contributed by atoms with Crippen molar-refractivity contribution in [1.29, 1.82) is 0 Å². The zero-order valence-corrected chi connectivity index (χ0v) is 12.2. The van der Waals surface area contributed by atoms with Gasteiger partial charge in [0.1, 0.15) is 6.29 Å². The number of hydrogen-bond acceptors (Lipinski definition) is 3. The molecule has 2 aromatic carbocycles. The lowest BCUT2D eigenvalue weighted by Gasteiger charge is -2.09. The van der Waals surface area contributed by atoms with Gasteiger partial charge in [0.15, 0.2) is 0 Å². The molecule has 3 rings (SSSR count). The van der Waals surface area contributed by atoms with Crippen molar-refractivity contribution in [3.8, 4) is 0 Å². The van der Waals surface area contributed by atoms with E-state index in [1.54, 1.807) is 36.4 Å². The van der Waals surface area contributed by atoms with Crippen molar-refractivity contribution in [1.82, 2.24) is 0 Å². The van der Waals surface area contributed by atoms with E-state index >= 15 is 0 Å². The highest BCUT2D eigenvalue weighted by atomic mass is 32.2. The normalized spacial score (nSPS) is 13.7. The van der Waals surface area contributed by atoms with Gasteiger partial charge in [0.2, 0.25) is 0 Å². The Kier molecular flexibility index (Phi) is 3.51. The first-order chi connectivity index (χ1) is 10.1. The van der Waals surface area contributed by atoms with Crippen LogP contribution in [0.3, 0.4) is 0 Å². The number of anilines is 1. The molecule has 21 heavy (non-hydrogen) atoms. The molecule has 0 bridgehead atoms. The van der Waals surface area contributed by atoms with E-state index in [9.17, 15) is 13.2 Å². The first-order valence-corrected chi connectivity index (χ1v) is 8.27. The van der Waals surface area contributed by atoms with Crippen LogP contribution in [0.1, 0.15) is 27.9 Å². The molecule has 5 heteroatoms. The lowest BCUT2D eigenvalue weighted by atomic mass is 10.1. The Labute approximate surface area is 123 Å². The summed E-state index contributed by atoms with van der Waals surface area (Å²) < 4.78 is 27.3. The molecule has 1 aliphatic rings. The molecular formula is C16H15NO3S. The Morgan fingerprint density at radius 1 is 0.952 bits per heavy atom. The second-order valence-corrected chi connectivity index (χ2v) is 6.81. The largest absolute Gasteiger partial charge is 0.298 e. The predicted molar refractivity (Wildman–Crippen MR) is 81.1 cm³/mol. The van der Waals surface area contributed by atoms with E-state index < -0.39 is 10.0 Å². The molecule has 0 aliphatic heterocycles. The molecule has 0 saturated carbocycles. The molecule has 0 atom stereocenters. The minimum atomic E-state index is -3.59. The molecule has 108 valence electrons. The van der Waals surface area contributed by atoms with Crippen LogP contribution in [-0.4, -0.2) is 14.7 Å². The number of carbonyl (C=O) groups excluding carboxylic acids is 1. The first-order valence-electron chi connectivity index (χ1n) is 6.78. The molecule has 0 heterocycles. The maximum atomic E-state index is 12.4. The molecule has 0 amide bonds. The summed E-state index contributed by atoms with van der Waals surface area (Å²) in [6.45, 7) is 0. The number of hydrogen-bond donors (Lipinski definition) is 1. The van der Waals surface area contributed by atoms with Crippen molar-refractivity contribution >= 4 is 22.0 Å². The smallest absolute Gasteiger partial charge is 0.261 e. The summed E-state index contributed by atoms with van der Waals surface area (Å²) >= 11 is 0. The van der Waals surface area contributed by atoms with Crippen LogP contribution in [-0.2, 0) is 22.9 Å². The molecule has 0 radical (unpaired) electrons. The lowest BCUT2D eigenvalue weighted by molar-refractivity contribution is 0.112. The Bertz CT molecular complexity index is 780. The van der Waals surface area contributed by atoms with E-state index in [4.69, 9.17) is 0 Å². The Hall–Kier alpha value is -2.14. The van der Waals surface area contributed by atoms with Crippen molar-refractivity contribution < 1.29 is 13.2 Å². The van der Waals surface area contributed by atoms with Crippen molar-refractivity contribution in [3.63, 3.8) is 0 Å². The zero-order chi connectivity index (χ0) is 14.9. The van der Waals surface area contributed by atoms with Gasteiger partial charge in [0.05, 0.1) is 4.90 Å². The molecule has 2 aromatic rings. The second kappa shape index (κ2) is 5.33. The lowest BCUT2D eigenvalue weighted by Crippen LogP contribution is -2.13. The minimum Gasteiger partial charge on any atom is -0.298 e. The molecular weight excluding hydrogens is 286 g/mol. The number of fused-ring (bicyclic) bond motifs is 1. The fourth-order valence-corrected chi connectivity index (χ4v) is 3.67. The van der Waals surface area contributed by atoms with Crippen LogP contribution in [0.5, 0.6) is 0 Å². The second-order valence-electron chi connectivity index (χ2n) is 5.13. The summed E-state index contributed by atoms with van der Waals surface area (Å²) in [5.41, 5.74) is 3.31.